The van der Waals surface area contributed by atoms with E-state index in [1.54, 1.807) is 0 Å². The molecule has 0 bridgehead atoms. The summed E-state index contributed by atoms with van der Waals surface area (Å²) in [6.07, 6.45) is 21.6. The van der Waals surface area contributed by atoms with E-state index in [2.05, 4.69) is 111 Å². The van der Waals surface area contributed by atoms with Gasteiger partial charge in [0.15, 0.2) is 0 Å². The maximum atomic E-state index is 4.34. The maximum Gasteiger partial charge on any atom is 0.0202 e. The van der Waals surface area contributed by atoms with Gasteiger partial charge in [0.2, 0.25) is 0 Å². The van der Waals surface area contributed by atoms with Crippen molar-refractivity contribution in [2.75, 3.05) is 0 Å². The minimum atomic E-state index is 0.174. The lowest BCUT2D eigenvalue weighted by atomic mass is 9.65. The van der Waals surface area contributed by atoms with Crippen molar-refractivity contribution in [1.82, 2.24) is 0 Å². The molecule has 0 saturated heterocycles. The molecule has 0 N–H and O–H groups in total. The summed E-state index contributed by atoms with van der Waals surface area (Å²) < 4.78 is 0. The molecule has 0 radical (unpaired) electrons. The highest BCUT2D eigenvalue weighted by atomic mass is 14.4. The van der Waals surface area contributed by atoms with Crippen molar-refractivity contribution in [3.8, 4) is 0 Å². The van der Waals surface area contributed by atoms with Crippen LogP contribution < -0.4 is 10.4 Å². The summed E-state index contributed by atoms with van der Waals surface area (Å²) in [7, 11) is 0. The molecule has 0 nitrogen and oxygen atoms in total. The molecule has 0 aliphatic heterocycles. The van der Waals surface area contributed by atoms with Gasteiger partial charge in [0.25, 0.3) is 0 Å². The molecule has 0 heterocycles. The molecule has 2 unspecified atom stereocenters. The number of aryl methyl sites for hydroxylation is 1. The van der Waals surface area contributed by atoms with Crippen LogP contribution in [0.1, 0.15) is 36.0 Å². The second-order valence-electron chi connectivity index (χ2n) is 9.59. The second kappa shape index (κ2) is 8.29. The normalized spacial score (nSPS) is 22.6. The fraction of sp³-hybridized carbons (Fsp3) is 0.176. The molecule has 2 aromatic carbocycles. The van der Waals surface area contributed by atoms with E-state index in [0.29, 0.717) is 0 Å². The van der Waals surface area contributed by atoms with Crippen LogP contribution in [0.4, 0.5) is 0 Å². The SMILES string of the molecule is C=CC1=C(c2ccccc2)C2=C(c3ccc(C)c4c3=C2C=CCC=4)C(C2=CCCC=C2)C1C=C. The first-order valence-electron chi connectivity index (χ1n) is 12.4. The molecule has 0 spiro atoms. The first-order chi connectivity index (χ1) is 16.7. The Labute approximate surface area is 202 Å². The second-order valence-corrected chi connectivity index (χ2v) is 9.59. The first kappa shape index (κ1) is 20.9. The number of hydrogen-bond donors (Lipinski definition) is 0. The van der Waals surface area contributed by atoms with Gasteiger partial charge >= 0.3 is 0 Å². The van der Waals surface area contributed by atoms with E-state index >= 15 is 0 Å². The van der Waals surface area contributed by atoms with Crippen LogP contribution in [-0.2, 0) is 0 Å². The molecule has 34 heavy (non-hydrogen) atoms. The summed E-state index contributed by atoms with van der Waals surface area (Å²) in [6.45, 7) is 10.9. The summed E-state index contributed by atoms with van der Waals surface area (Å²) in [5.74, 6) is 0.414. The van der Waals surface area contributed by atoms with E-state index in [9.17, 15) is 0 Å². The lowest BCUT2D eigenvalue weighted by Crippen LogP contribution is -2.31. The molecule has 2 aromatic rings. The van der Waals surface area contributed by atoms with Crippen molar-refractivity contribution >= 4 is 22.8 Å². The van der Waals surface area contributed by atoms with Gasteiger partial charge < -0.3 is 0 Å². The Hall–Kier alpha value is -3.64. The Balaban J connectivity index is 1.77. The maximum absolute atomic E-state index is 4.34. The highest BCUT2D eigenvalue weighted by Gasteiger charge is 2.41. The van der Waals surface area contributed by atoms with E-state index in [1.807, 2.05) is 0 Å². The number of benzene rings is 2. The van der Waals surface area contributed by atoms with Crippen molar-refractivity contribution in [2.45, 2.75) is 26.2 Å². The minimum absolute atomic E-state index is 0.174. The molecule has 6 rings (SSSR count). The molecule has 0 amide bonds. The predicted octanol–water partition coefficient (Wildman–Crippen LogP) is 7.00. The molecular formula is C34H30. The van der Waals surface area contributed by atoms with Crippen LogP contribution in [0.15, 0.2) is 115 Å². The average Bonchev–Trinajstić information content (AvgIpc) is 3.04. The van der Waals surface area contributed by atoms with Gasteiger partial charge in [0.05, 0.1) is 0 Å². The van der Waals surface area contributed by atoms with Gasteiger partial charge in [-0.2, -0.15) is 0 Å². The molecule has 4 aliphatic rings. The zero-order valence-corrected chi connectivity index (χ0v) is 19.9. The molecule has 4 aliphatic carbocycles. The van der Waals surface area contributed by atoms with E-state index < -0.39 is 0 Å². The fourth-order valence-corrected chi connectivity index (χ4v) is 6.36. The van der Waals surface area contributed by atoms with Crippen LogP contribution in [-0.4, -0.2) is 0 Å². The summed E-state index contributed by atoms with van der Waals surface area (Å²) >= 11 is 0. The van der Waals surface area contributed by atoms with Gasteiger partial charge in [0.1, 0.15) is 0 Å². The molecule has 2 atom stereocenters. The molecule has 0 fully saturated rings. The Morgan fingerprint density at radius 1 is 0.882 bits per heavy atom. The van der Waals surface area contributed by atoms with Crippen LogP contribution in [0.2, 0.25) is 0 Å². The summed E-state index contributed by atoms with van der Waals surface area (Å²) in [5.41, 5.74) is 12.2. The minimum Gasteiger partial charge on any atom is -0.102 e. The first-order valence-corrected chi connectivity index (χ1v) is 12.4. The van der Waals surface area contributed by atoms with Gasteiger partial charge in [-0.15, -0.1) is 6.58 Å². The van der Waals surface area contributed by atoms with Crippen molar-refractivity contribution in [3.05, 3.63) is 142 Å². The molecule has 0 heteroatoms. The van der Waals surface area contributed by atoms with Gasteiger partial charge in [-0.1, -0.05) is 97.7 Å². The third-order valence-electron chi connectivity index (χ3n) is 7.79. The number of allylic oxidation sites excluding steroid dienone is 12. The Bertz CT molecular complexity index is 1500. The van der Waals surface area contributed by atoms with E-state index in [0.717, 1.165) is 19.3 Å². The van der Waals surface area contributed by atoms with Crippen LogP contribution >= 0.6 is 0 Å². The van der Waals surface area contributed by atoms with Gasteiger partial charge in [-0.05, 0) is 86.8 Å². The zero-order valence-electron chi connectivity index (χ0n) is 19.9. The van der Waals surface area contributed by atoms with E-state index in [1.165, 1.54) is 60.6 Å². The van der Waals surface area contributed by atoms with Crippen LogP contribution in [0.5, 0.6) is 0 Å². The summed E-state index contributed by atoms with van der Waals surface area (Å²) in [6, 6.07) is 15.5. The van der Waals surface area contributed by atoms with Crippen LogP contribution in [0.25, 0.3) is 22.8 Å². The van der Waals surface area contributed by atoms with Crippen molar-refractivity contribution < 1.29 is 0 Å². The van der Waals surface area contributed by atoms with E-state index in [4.69, 9.17) is 0 Å². The highest BCUT2D eigenvalue weighted by molar-refractivity contribution is 6.11. The molecule has 166 valence electrons. The highest BCUT2D eigenvalue weighted by Crippen LogP contribution is 2.54. The molecular weight excluding hydrogens is 408 g/mol. The van der Waals surface area contributed by atoms with Gasteiger partial charge in [-0.25, -0.2) is 0 Å². The topological polar surface area (TPSA) is 0 Å². The number of rotatable bonds is 4. The summed E-state index contributed by atoms with van der Waals surface area (Å²) in [5, 5.41) is 2.80. The number of fused-ring (bicyclic) bond motifs is 2. The number of hydrogen-bond acceptors (Lipinski definition) is 0. The summed E-state index contributed by atoms with van der Waals surface area (Å²) in [4.78, 5) is 0. The van der Waals surface area contributed by atoms with Gasteiger partial charge in [0, 0.05) is 11.8 Å². The van der Waals surface area contributed by atoms with Gasteiger partial charge in [-0.3, -0.25) is 0 Å². The standard InChI is InChI=1S/C34H30/c1-4-25-26(5-2)31(24-16-10-7-11-17-24)34-29-21-20-22(3)27-18-12-13-19-28(32(27)29)33(34)30(25)23-14-8-6-9-15-23/h4-6,8-10,13-21,26,31H,1-2,7,11-12H2,3H3. The Kier molecular flexibility index (Phi) is 5.11. The third-order valence-corrected chi connectivity index (χ3v) is 7.79. The molecule has 0 aromatic heterocycles. The van der Waals surface area contributed by atoms with Crippen molar-refractivity contribution in [3.63, 3.8) is 0 Å². The molecule has 0 saturated carbocycles. The lowest BCUT2D eigenvalue weighted by molar-refractivity contribution is 0.635. The van der Waals surface area contributed by atoms with Crippen molar-refractivity contribution in [2.24, 2.45) is 11.8 Å². The lowest BCUT2D eigenvalue weighted by Gasteiger charge is -2.37. The zero-order chi connectivity index (χ0) is 23.2. The Morgan fingerprint density at radius 3 is 2.47 bits per heavy atom. The Morgan fingerprint density at radius 2 is 1.74 bits per heavy atom. The fourth-order valence-electron chi connectivity index (χ4n) is 6.36. The van der Waals surface area contributed by atoms with Crippen LogP contribution in [0, 0.1) is 18.8 Å². The smallest absolute Gasteiger partial charge is 0.0202 e. The monoisotopic (exact) mass is 438 g/mol. The van der Waals surface area contributed by atoms with E-state index in [-0.39, 0.29) is 11.8 Å². The average molecular weight is 439 g/mol. The van der Waals surface area contributed by atoms with Crippen LogP contribution in [0.3, 0.4) is 0 Å². The quantitative estimate of drug-likeness (QED) is 0.451. The van der Waals surface area contributed by atoms with Crippen molar-refractivity contribution in [1.29, 1.82) is 0 Å². The third kappa shape index (κ3) is 2.98. The largest absolute Gasteiger partial charge is 0.102 e. The predicted molar refractivity (Wildman–Crippen MR) is 146 cm³/mol.